The number of hydrogen-bond donors (Lipinski definition) is 1. The molecular formula is C14H20O. The summed E-state index contributed by atoms with van der Waals surface area (Å²) in [6.07, 6.45) is 6.43. The van der Waals surface area contributed by atoms with Crippen LogP contribution >= 0.6 is 0 Å². The smallest absolute Gasteiger partial charge is 0.0762 e. The van der Waals surface area contributed by atoms with Gasteiger partial charge in [0.25, 0.3) is 0 Å². The van der Waals surface area contributed by atoms with Crippen molar-refractivity contribution < 1.29 is 5.11 Å². The van der Waals surface area contributed by atoms with Crippen molar-refractivity contribution in [3.8, 4) is 0 Å². The van der Waals surface area contributed by atoms with E-state index >= 15 is 0 Å². The molecule has 15 heavy (non-hydrogen) atoms. The highest BCUT2D eigenvalue weighted by Crippen LogP contribution is 2.33. The molecular weight excluding hydrogens is 184 g/mol. The van der Waals surface area contributed by atoms with Gasteiger partial charge in [0.05, 0.1) is 6.10 Å². The molecule has 0 saturated heterocycles. The van der Waals surface area contributed by atoms with Gasteiger partial charge in [0.2, 0.25) is 0 Å². The summed E-state index contributed by atoms with van der Waals surface area (Å²) in [5.41, 5.74) is 2.48. The minimum absolute atomic E-state index is 0.339. The lowest BCUT2D eigenvalue weighted by Gasteiger charge is -2.22. The molecule has 1 heteroatoms. The predicted molar refractivity (Wildman–Crippen MR) is 62.9 cm³/mol. The highest BCUT2D eigenvalue weighted by atomic mass is 16.3. The molecule has 1 fully saturated rings. The summed E-state index contributed by atoms with van der Waals surface area (Å²) in [5.74, 6) is 0.734. The second-order valence-electron chi connectivity index (χ2n) is 4.68. The summed E-state index contributed by atoms with van der Waals surface area (Å²) < 4.78 is 0. The third-order valence-corrected chi connectivity index (χ3v) is 3.47. The van der Waals surface area contributed by atoms with Crippen LogP contribution in [0, 0.1) is 0 Å². The minimum Gasteiger partial charge on any atom is -0.389 e. The normalized spacial score (nSPS) is 20.1. The Balaban J connectivity index is 2.16. The molecule has 1 aromatic carbocycles. The zero-order valence-corrected chi connectivity index (χ0v) is 9.45. The van der Waals surface area contributed by atoms with E-state index in [2.05, 4.69) is 18.2 Å². The molecule has 1 unspecified atom stereocenters. The van der Waals surface area contributed by atoms with Crippen LogP contribution in [-0.2, 0) is 0 Å². The molecule has 82 valence electrons. The molecule has 0 spiro atoms. The molecule has 0 heterocycles. The van der Waals surface area contributed by atoms with Crippen molar-refractivity contribution in [3.63, 3.8) is 0 Å². The Morgan fingerprint density at radius 1 is 1.20 bits per heavy atom. The predicted octanol–water partition coefficient (Wildman–Crippen LogP) is 3.79. The Bertz CT molecular complexity index is 311. The zero-order chi connectivity index (χ0) is 10.7. The summed E-state index contributed by atoms with van der Waals surface area (Å²) >= 11 is 0. The van der Waals surface area contributed by atoms with Gasteiger partial charge in [-0.25, -0.2) is 0 Å². The van der Waals surface area contributed by atoms with Gasteiger partial charge in [-0.05, 0) is 36.8 Å². The van der Waals surface area contributed by atoms with E-state index in [-0.39, 0.29) is 6.10 Å². The van der Waals surface area contributed by atoms with Gasteiger partial charge in [0.15, 0.2) is 0 Å². The summed E-state index contributed by atoms with van der Waals surface area (Å²) in [6, 6.07) is 8.48. The first kappa shape index (κ1) is 10.7. The van der Waals surface area contributed by atoms with Crippen LogP contribution in [0.4, 0.5) is 0 Å². The van der Waals surface area contributed by atoms with E-state index in [1.54, 1.807) is 0 Å². The Kier molecular flexibility index (Phi) is 3.42. The van der Waals surface area contributed by atoms with Gasteiger partial charge in [-0.1, -0.05) is 43.5 Å². The minimum atomic E-state index is -0.339. The summed E-state index contributed by atoms with van der Waals surface area (Å²) in [7, 11) is 0. The molecule has 0 amide bonds. The van der Waals surface area contributed by atoms with Crippen molar-refractivity contribution in [1.82, 2.24) is 0 Å². The molecule has 1 nitrogen and oxygen atoms in total. The molecule has 1 saturated carbocycles. The average molecular weight is 204 g/mol. The molecule has 0 aromatic heterocycles. The monoisotopic (exact) mass is 204 g/mol. The van der Waals surface area contributed by atoms with Crippen LogP contribution in [0.5, 0.6) is 0 Å². The van der Waals surface area contributed by atoms with Crippen LogP contribution in [0.3, 0.4) is 0 Å². The highest BCUT2D eigenvalue weighted by molar-refractivity contribution is 5.27. The lowest BCUT2D eigenvalue weighted by Crippen LogP contribution is -2.05. The van der Waals surface area contributed by atoms with Crippen LogP contribution in [0.25, 0.3) is 0 Å². The second kappa shape index (κ2) is 4.80. The quantitative estimate of drug-likeness (QED) is 0.777. The summed E-state index contributed by atoms with van der Waals surface area (Å²) in [5, 5.41) is 9.55. The van der Waals surface area contributed by atoms with E-state index in [4.69, 9.17) is 0 Å². The number of benzene rings is 1. The van der Waals surface area contributed by atoms with Crippen LogP contribution in [0.1, 0.15) is 62.2 Å². The number of aliphatic hydroxyl groups is 1. The van der Waals surface area contributed by atoms with Crippen molar-refractivity contribution in [2.45, 2.75) is 51.0 Å². The van der Waals surface area contributed by atoms with Gasteiger partial charge in [-0.15, -0.1) is 0 Å². The SMILES string of the molecule is CC(O)c1cccc(C2CCCCC2)c1. The third-order valence-electron chi connectivity index (χ3n) is 3.47. The first-order chi connectivity index (χ1) is 7.27. The molecule has 1 aliphatic carbocycles. The van der Waals surface area contributed by atoms with Gasteiger partial charge in [-0.2, -0.15) is 0 Å². The van der Waals surface area contributed by atoms with Crippen LogP contribution in [0.15, 0.2) is 24.3 Å². The maximum Gasteiger partial charge on any atom is 0.0762 e. The van der Waals surface area contributed by atoms with E-state index in [9.17, 15) is 5.11 Å². The van der Waals surface area contributed by atoms with E-state index in [1.165, 1.54) is 37.7 Å². The van der Waals surface area contributed by atoms with Crippen LogP contribution in [0.2, 0.25) is 0 Å². The topological polar surface area (TPSA) is 20.2 Å². The van der Waals surface area contributed by atoms with Crippen LogP contribution < -0.4 is 0 Å². The first-order valence-corrected chi connectivity index (χ1v) is 6.05. The standard InChI is InChI=1S/C14H20O/c1-11(15)13-8-5-9-14(10-13)12-6-3-2-4-7-12/h5,8-12,15H,2-4,6-7H2,1H3. The van der Waals surface area contributed by atoms with E-state index < -0.39 is 0 Å². The highest BCUT2D eigenvalue weighted by Gasteiger charge is 2.15. The summed E-state index contributed by atoms with van der Waals surface area (Å²) in [6.45, 7) is 1.83. The fourth-order valence-corrected chi connectivity index (χ4v) is 2.51. The Labute approximate surface area is 92.1 Å². The van der Waals surface area contributed by atoms with Crippen molar-refractivity contribution in [2.75, 3.05) is 0 Å². The maximum atomic E-state index is 9.55. The molecule has 0 radical (unpaired) electrons. The first-order valence-electron chi connectivity index (χ1n) is 6.05. The number of aliphatic hydroxyl groups excluding tert-OH is 1. The van der Waals surface area contributed by atoms with Gasteiger partial charge in [-0.3, -0.25) is 0 Å². The maximum absolute atomic E-state index is 9.55. The van der Waals surface area contributed by atoms with Gasteiger partial charge in [0.1, 0.15) is 0 Å². The molecule has 0 bridgehead atoms. The van der Waals surface area contributed by atoms with Crippen molar-refractivity contribution >= 4 is 0 Å². The number of rotatable bonds is 2. The van der Waals surface area contributed by atoms with Gasteiger partial charge >= 0.3 is 0 Å². The molecule has 1 aliphatic rings. The molecule has 0 aliphatic heterocycles. The van der Waals surface area contributed by atoms with Gasteiger partial charge < -0.3 is 5.11 Å². The number of hydrogen-bond acceptors (Lipinski definition) is 1. The molecule has 2 rings (SSSR count). The van der Waals surface area contributed by atoms with Crippen molar-refractivity contribution in [1.29, 1.82) is 0 Å². The van der Waals surface area contributed by atoms with E-state index in [0.29, 0.717) is 0 Å². The lowest BCUT2D eigenvalue weighted by molar-refractivity contribution is 0.199. The third kappa shape index (κ3) is 2.60. The summed E-state index contributed by atoms with van der Waals surface area (Å²) in [4.78, 5) is 0. The Morgan fingerprint density at radius 3 is 2.60 bits per heavy atom. The average Bonchev–Trinajstić information content (AvgIpc) is 2.30. The molecule has 1 N–H and O–H groups in total. The largest absolute Gasteiger partial charge is 0.389 e. The van der Waals surface area contributed by atoms with Crippen molar-refractivity contribution in [3.05, 3.63) is 35.4 Å². The van der Waals surface area contributed by atoms with Gasteiger partial charge in [0, 0.05) is 0 Å². The fraction of sp³-hybridized carbons (Fsp3) is 0.571. The molecule has 1 aromatic rings. The molecule has 1 atom stereocenters. The Morgan fingerprint density at radius 2 is 1.93 bits per heavy atom. The fourth-order valence-electron chi connectivity index (χ4n) is 2.51. The Hall–Kier alpha value is -0.820. The zero-order valence-electron chi connectivity index (χ0n) is 9.45. The van der Waals surface area contributed by atoms with E-state index in [1.807, 2.05) is 13.0 Å². The van der Waals surface area contributed by atoms with Crippen LogP contribution in [-0.4, -0.2) is 5.11 Å². The lowest BCUT2D eigenvalue weighted by atomic mass is 9.83. The second-order valence-corrected chi connectivity index (χ2v) is 4.68. The van der Waals surface area contributed by atoms with Crippen molar-refractivity contribution in [2.24, 2.45) is 0 Å². The van der Waals surface area contributed by atoms with E-state index in [0.717, 1.165) is 11.5 Å².